The van der Waals surface area contributed by atoms with Gasteiger partial charge in [0.1, 0.15) is 4.90 Å². The van der Waals surface area contributed by atoms with Crippen LogP contribution >= 0.6 is 23.2 Å². The quantitative estimate of drug-likeness (QED) is 0.689. The van der Waals surface area contributed by atoms with E-state index in [1.54, 1.807) is 6.07 Å². The number of halogens is 5. The normalized spacial score (nSPS) is 14.2. The number of carbonyl (C=O) groups excluding carboxylic acids is 1. The molecule has 12 heteroatoms. The lowest BCUT2D eigenvalue weighted by Gasteiger charge is -2.25. The van der Waals surface area contributed by atoms with Crippen LogP contribution in [0.1, 0.15) is 6.92 Å². The summed E-state index contributed by atoms with van der Waals surface area (Å²) in [5, 5.41) is 11.0. The molecule has 158 valence electrons. The number of nitrogens with one attached hydrogen (secondary N) is 1. The molecule has 0 unspecified atom stereocenters. The van der Waals surface area contributed by atoms with Gasteiger partial charge in [0, 0.05) is 7.05 Å². The van der Waals surface area contributed by atoms with Crippen molar-refractivity contribution in [3.05, 3.63) is 52.5 Å². The number of carbonyl (C=O) groups is 1. The van der Waals surface area contributed by atoms with E-state index in [2.05, 4.69) is 0 Å². The summed E-state index contributed by atoms with van der Waals surface area (Å²) in [5.74, 6) is -1.74. The monoisotopic (exact) mass is 470 g/mol. The van der Waals surface area contributed by atoms with Crippen molar-refractivity contribution in [2.45, 2.75) is 23.6 Å². The number of amides is 1. The summed E-state index contributed by atoms with van der Waals surface area (Å²) in [6.07, 6.45) is -5.20. The first-order valence-electron chi connectivity index (χ1n) is 7.83. The minimum atomic E-state index is -5.20. The van der Waals surface area contributed by atoms with Crippen molar-refractivity contribution in [3.63, 3.8) is 0 Å². The Morgan fingerprint density at radius 3 is 2.21 bits per heavy atom. The molecular weight excluding hydrogens is 456 g/mol. The van der Waals surface area contributed by atoms with Gasteiger partial charge in [-0.3, -0.25) is 9.10 Å². The third-order valence-electron chi connectivity index (χ3n) is 4.03. The van der Waals surface area contributed by atoms with Crippen molar-refractivity contribution >= 4 is 50.5 Å². The van der Waals surface area contributed by atoms with E-state index in [9.17, 15) is 31.5 Å². The zero-order valence-electron chi connectivity index (χ0n) is 15.0. The standard InChI is InChI=1S/C17H15Cl2F3N2O4S/c1-16(26,17(20,21)22)15(25)23-13-8-7-10(9-12(13)19)24(2)29(27,28)14-6-4-3-5-11(14)18/h3-9,26H,1-2H3,(H,23,25)/t16-/m1/s1. The van der Waals surface area contributed by atoms with Gasteiger partial charge in [-0.1, -0.05) is 35.3 Å². The van der Waals surface area contributed by atoms with E-state index >= 15 is 0 Å². The Balaban J connectivity index is 2.32. The predicted octanol–water partition coefficient (Wildman–Crippen LogP) is 4.07. The molecule has 0 saturated carbocycles. The highest BCUT2D eigenvalue weighted by Gasteiger charge is 2.55. The Morgan fingerprint density at radius 1 is 1.10 bits per heavy atom. The van der Waals surface area contributed by atoms with Gasteiger partial charge in [-0.25, -0.2) is 8.42 Å². The molecule has 0 saturated heterocycles. The van der Waals surface area contributed by atoms with Crippen LogP contribution in [0.5, 0.6) is 0 Å². The molecule has 0 radical (unpaired) electrons. The van der Waals surface area contributed by atoms with Crippen molar-refractivity contribution in [2.75, 3.05) is 16.7 Å². The van der Waals surface area contributed by atoms with Gasteiger partial charge < -0.3 is 10.4 Å². The third-order valence-corrected chi connectivity index (χ3v) is 6.63. The second kappa shape index (κ2) is 8.02. The summed E-state index contributed by atoms with van der Waals surface area (Å²) in [6.45, 7) is 0.300. The highest BCUT2D eigenvalue weighted by atomic mass is 35.5. The summed E-state index contributed by atoms with van der Waals surface area (Å²) in [5.41, 5.74) is -3.82. The fourth-order valence-corrected chi connectivity index (χ4v) is 4.02. The summed E-state index contributed by atoms with van der Waals surface area (Å²) in [4.78, 5) is 11.6. The Hall–Kier alpha value is -2.01. The number of hydrogen-bond donors (Lipinski definition) is 2. The van der Waals surface area contributed by atoms with E-state index in [1.165, 1.54) is 31.3 Å². The molecule has 29 heavy (non-hydrogen) atoms. The van der Waals surface area contributed by atoms with Gasteiger partial charge >= 0.3 is 6.18 Å². The number of rotatable bonds is 5. The predicted molar refractivity (Wildman–Crippen MR) is 104 cm³/mol. The number of anilines is 2. The number of aliphatic hydroxyl groups is 1. The van der Waals surface area contributed by atoms with E-state index in [1.807, 2.05) is 5.32 Å². The summed E-state index contributed by atoms with van der Waals surface area (Å²) in [6, 6.07) is 9.23. The zero-order chi connectivity index (χ0) is 22.2. The third kappa shape index (κ3) is 4.61. The maximum atomic E-state index is 12.8. The molecule has 0 aliphatic carbocycles. The van der Waals surface area contributed by atoms with E-state index in [0.717, 1.165) is 16.4 Å². The smallest absolute Gasteiger partial charge is 0.373 e. The van der Waals surface area contributed by atoms with E-state index in [-0.39, 0.29) is 26.3 Å². The fraction of sp³-hybridized carbons (Fsp3) is 0.235. The van der Waals surface area contributed by atoms with Crippen LogP contribution in [0.25, 0.3) is 0 Å². The number of sulfonamides is 1. The van der Waals surface area contributed by atoms with E-state index in [0.29, 0.717) is 6.92 Å². The number of alkyl halides is 3. The van der Waals surface area contributed by atoms with Gasteiger partial charge in [0.05, 0.1) is 21.4 Å². The molecule has 0 aliphatic rings. The van der Waals surface area contributed by atoms with E-state index in [4.69, 9.17) is 23.2 Å². The lowest BCUT2D eigenvalue weighted by molar-refractivity contribution is -0.242. The average molecular weight is 471 g/mol. The first-order chi connectivity index (χ1) is 13.2. The molecule has 2 N–H and O–H groups in total. The van der Waals surface area contributed by atoms with Gasteiger partial charge in [-0.15, -0.1) is 0 Å². The Bertz CT molecular complexity index is 1040. The first kappa shape index (κ1) is 23.3. The Kier molecular flexibility index (Phi) is 6.43. The molecule has 0 fully saturated rings. The van der Waals surface area contributed by atoms with E-state index < -0.39 is 27.7 Å². The van der Waals surface area contributed by atoms with Crippen LogP contribution in [0.2, 0.25) is 10.0 Å². The molecule has 6 nitrogen and oxygen atoms in total. The summed E-state index contributed by atoms with van der Waals surface area (Å²) >= 11 is 11.9. The largest absolute Gasteiger partial charge is 0.426 e. The van der Waals surface area contributed by atoms with Crippen LogP contribution in [0.3, 0.4) is 0 Å². The molecule has 0 aliphatic heterocycles. The van der Waals surface area contributed by atoms with Crippen LogP contribution in [0, 0.1) is 0 Å². The SMILES string of the molecule is CN(c1ccc(NC(=O)[C@@](C)(O)C(F)(F)F)c(Cl)c1)S(=O)(=O)c1ccccc1Cl. The zero-order valence-corrected chi connectivity index (χ0v) is 17.3. The fourth-order valence-electron chi connectivity index (χ4n) is 2.11. The molecule has 1 atom stereocenters. The minimum Gasteiger partial charge on any atom is -0.373 e. The first-order valence-corrected chi connectivity index (χ1v) is 10.0. The lowest BCUT2D eigenvalue weighted by atomic mass is 10.1. The number of hydrogen-bond acceptors (Lipinski definition) is 4. The molecule has 0 heterocycles. The maximum Gasteiger partial charge on any atom is 0.426 e. The topological polar surface area (TPSA) is 86.7 Å². The average Bonchev–Trinajstić information content (AvgIpc) is 2.61. The van der Waals surface area contributed by atoms with Crippen molar-refractivity contribution in [1.82, 2.24) is 0 Å². The van der Waals surface area contributed by atoms with Gasteiger partial charge in [0.2, 0.25) is 5.60 Å². The minimum absolute atomic E-state index is 0.00344. The Labute approximate surface area is 174 Å². The van der Waals surface area contributed by atoms with Crippen molar-refractivity contribution < 1.29 is 31.5 Å². The maximum absolute atomic E-state index is 12.8. The molecule has 0 spiro atoms. The number of benzene rings is 2. The second-order valence-corrected chi connectivity index (χ2v) is 8.84. The van der Waals surface area contributed by atoms with Crippen LogP contribution in [0.15, 0.2) is 47.4 Å². The highest BCUT2D eigenvalue weighted by Crippen LogP contribution is 2.34. The van der Waals surface area contributed by atoms with Crippen LogP contribution in [-0.4, -0.2) is 38.3 Å². The van der Waals surface area contributed by atoms with Gasteiger partial charge in [-0.2, -0.15) is 13.2 Å². The van der Waals surface area contributed by atoms with Crippen LogP contribution in [0.4, 0.5) is 24.5 Å². The van der Waals surface area contributed by atoms with Crippen molar-refractivity contribution in [2.24, 2.45) is 0 Å². The molecule has 0 bridgehead atoms. The lowest BCUT2D eigenvalue weighted by Crippen LogP contribution is -2.52. The molecule has 0 aromatic heterocycles. The van der Waals surface area contributed by atoms with Crippen LogP contribution in [-0.2, 0) is 14.8 Å². The van der Waals surface area contributed by atoms with Crippen molar-refractivity contribution in [1.29, 1.82) is 0 Å². The molecular formula is C17H15Cl2F3N2O4S. The van der Waals surface area contributed by atoms with Crippen LogP contribution < -0.4 is 9.62 Å². The molecule has 2 rings (SSSR count). The highest BCUT2D eigenvalue weighted by molar-refractivity contribution is 7.93. The van der Waals surface area contributed by atoms with Gasteiger partial charge in [0.25, 0.3) is 15.9 Å². The number of nitrogens with zero attached hydrogens (tertiary/aromatic N) is 1. The second-order valence-electron chi connectivity index (χ2n) is 6.09. The summed E-state index contributed by atoms with van der Waals surface area (Å²) in [7, 11) is -2.82. The molecule has 1 amide bonds. The summed E-state index contributed by atoms with van der Waals surface area (Å²) < 4.78 is 64.6. The molecule has 2 aromatic carbocycles. The van der Waals surface area contributed by atoms with Crippen molar-refractivity contribution in [3.8, 4) is 0 Å². The Morgan fingerprint density at radius 2 is 1.69 bits per heavy atom. The molecule has 2 aromatic rings. The van der Waals surface area contributed by atoms with Gasteiger partial charge in [0.15, 0.2) is 0 Å². The van der Waals surface area contributed by atoms with Gasteiger partial charge in [-0.05, 0) is 37.3 Å².